The van der Waals surface area contributed by atoms with Crippen molar-refractivity contribution in [2.75, 3.05) is 13.1 Å². The zero-order valence-corrected chi connectivity index (χ0v) is 49.0. The lowest BCUT2D eigenvalue weighted by Gasteiger charge is -2.26. The molecule has 1 saturated heterocycles. The number of carbonyl (C=O) groups excluding carboxylic acids is 14. The number of nitrogens with zero attached hydrogens (tertiary/aromatic N) is 5. The van der Waals surface area contributed by atoms with Crippen molar-refractivity contribution in [2.45, 2.75) is 170 Å². The minimum Gasteiger partial charge on any atom is -0.451 e. The van der Waals surface area contributed by atoms with Crippen LogP contribution in [0.4, 0.5) is 5.69 Å². The second kappa shape index (κ2) is 30.9. The number of halogens is 1. The van der Waals surface area contributed by atoms with Gasteiger partial charge < -0.3 is 56.8 Å². The smallest absolute Gasteiger partial charge is 0.347 e. The summed E-state index contributed by atoms with van der Waals surface area (Å²) in [6.45, 7) is 15.0. The summed E-state index contributed by atoms with van der Waals surface area (Å²) in [6.07, 6.45) is -16.4. The first kappa shape index (κ1) is 68.6. The Kier molecular flexibility index (Phi) is 25.5. The van der Waals surface area contributed by atoms with Gasteiger partial charge in [-0.1, -0.05) is 0 Å². The van der Waals surface area contributed by atoms with Crippen LogP contribution in [0.1, 0.15) is 96.9 Å². The summed E-state index contributed by atoms with van der Waals surface area (Å²) in [5.41, 5.74) is 0.903. The van der Waals surface area contributed by atoms with Gasteiger partial charge in [-0.25, -0.2) is 52.9 Å². The van der Waals surface area contributed by atoms with E-state index in [9.17, 15) is 67.1 Å². The molecule has 32 heteroatoms. The summed E-state index contributed by atoms with van der Waals surface area (Å²) in [4.78, 5) is 192. The van der Waals surface area contributed by atoms with Crippen LogP contribution in [0.2, 0.25) is 0 Å². The van der Waals surface area contributed by atoms with E-state index in [1.807, 2.05) is 0 Å². The van der Waals surface area contributed by atoms with Gasteiger partial charge in [-0.05, 0) is 111 Å². The highest BCUT2D eigenvalue weighted by Crippen LogP contribution is 2.29. The fourth-order valence-electron chi connectivity index (χ4n) is 6.50. The number of hydrogen-bond donors (Lipinski definition) is 0. The summed E-state index contributed by atoms with van der Waals surface area (Å²) in [6, 6.07) is 2.98. The van der Waals surface area contributed by atoms with E-state index in [-0.39, 0.29) is 24.7 Å². The number of guanidine groups is 1. The van der Waals surface area contributed by atoms with Gasteiger partial charge in [-0.15, -0.1) is 0 Å². The summed E-state index contributed by atoms with van der Waals surface area (Å²) in [5, 5.41) is 0. The molecule has 2 heterocycles. The Labute approximate surface area is 481 Å². The number of rotatable bonds is 25. The van der Waals surface area contributed by atoms with Crippen molar-refractivity contribution in [3.05, 3.63) is 29.0 Å². The maximum absolute atomic E-state index is 14.1. The molecule has 12 unspecified atom stereocenters. The highest BCUT2D eigenvalue weighted by Gasteiger charge is 2.42. The zero-order valence-electron chi connectivity index (χ0n) is 47.4. The number of esters is 12. The number of fused-ring (bicyclic) bond motifs is 1. The number of aromatic nitrogens is 2. The van der Waals surface area contributed by atoms with E-state index in [0.717, 1.165) is 79.0 Å². The van der Waals surface area contributed by atoms with Crippen LogP contribution in [0, 0.1) is 0 Å². The van der Waals surface area contributed by atoms with E-state index in [1.165, 1.54) is 52.2 Å². The van der Waals surface area contributed by atoms with Crippen LogP contribution in [0.25, 0.3) is 11.0 Å². The van der Waals surface area contributed by atoms with E-state index in [1.54, 1.807) is 0 Å². The molecule has 0 bridgehead atoms. The van der Waals surface area contributed by atoms with Gasteiger partial charge in [-0.2, -0.15) is 0 Å². The van der Waals surface area contributed by atoms with Crippen LogP contribution in [-0.4, -0.2) is 196 Å². The predicted octanol–water partition coefficient (Wildman–Crippen LogP) is 1.27. The average Bonchev–Trinajstić information content (AvgIpc) is 4.12. The molecule has 2 amide bonds. The Morgan fingerprint density at radius 2 is 0.627 bits per heavy atom. The third-order valence-corrected chi connectivity index (χ3v) is 11.5. The molecule has 1 aromatic carbocycles. The van der Waals surface area contributed by atoms with Crippen LogP contribution in [0.3, 0.4) is 0 Å². The SMILES string of the molecule is CC(=O)OC(C)C(=O)OC(C)C(=O)OC(C)C(=O)OC(C)C(=O)OC(C)C(=O)OC(C)C(=O)N1CCN(C(=O)C(C)OC(=O)C(C)OC(=O)C(C)OC(=O)C(C)OC(=O)C(C)OC(=O)C(C)OC(C)=O)C1=Nc1cc(Br)c2nccnc2c1. The predicted molar refractivity (Wildman–Crippen MR) is 276 cm³/mol. The fraction of sp³-hybridized carbons (Fsp3) is 0.549. The van der Waals surface area contributed by atoms with Crippen molar-refractivity contribution in [3.63, 3.8) is 0 Å². The molecule has 0 saturated carbocycles. The van der Waals surface area contributed by atoms with E-state index in [2.05, 4.69) is 40.4 Å². The Balaban J connectivity index is 1.67. The summed E-state index contributed by atoms with van der Waals surface area (Å²) in [5.74, 6) is -15.9. The van der Waals surface area contributed by atoms with E-state index < -0.39 is 157 Å². The monoisotopic (exact) mass is 1240 g/mol. The van der Waals surface area contributed by atoms with Crippen LogP contribution >= 0.6 is 15.9 Å². The van der Waals surface area contributed by atoms with Crippen LogP contribution in [0.5, 0.6) is 0 Å². The van der Waals surface area contributed by atoms with E-state index >= 15 is 0 Å². The Bertz CT molecular complexity index is 2740. The summed E-state index contributed by atoms with van der Waals surface area (Å²) >= 11 is 3.40. The van der Waals surface area contributed by atoms with E-state index in [4.69, 9.17) is 47.4 Å². The highest BCUT2D eigenvalue weighted by molar-refractivity contribution is 9.10. The highest BCUT2D eigenvalue weighted by atomic mass is 79.9. The van der Waals surface area contributed by atoms with Crippen LogP contribution in [0.15, 0.2) is 34.0 Å². The largest absolute Gasteiger partial charge is 0.451 e. The molecule has 0 radical (unpaired) electrons. The molecule has 0 N–H and O–H groups in total. The van der Waals surface area contributed by atoms with Crippen LogP contribution < -0.4 is 0 Å². The van der Waals surface area contributed by atoms with Gasteiger partial charge in [0.05, 0.1) is 11.2 Å². The van der Waals surface area contributed by atoms with Crippen molar-refractivity contribution in [2.24, 2.45) is 4.99 Å². The topological polar surface area (TPSA) is 394 Å². The number of benzene rings is 1. The van der Waals surface area contributed by atoms with Gasteiger partial charge in [0.25, 0.3) is 11.8 Å². The third-order valence-electron chi connectivity index (χ3n) is 10.9. The molecule has 31 nitrogen and oxygen atoms in total. The second-order valence-electron chi connectivity index (χ2n) is 18.0. The van der Waals surface area contributed by atoms with Gasteiger partial charge in [0, 0.05) is 43.8 Å². The molecular weight excluding hydrogens is 1180 g/mol. The lowest BCUT2D eigenvalue weighted by molar-refractivity contribution is -0.187. The molecule has 3 rings (SSSR count). The number of carbonyl (C=O) groups is 14. The van der Waals surface area contributed by atoms with Gasteiger partial charge >= 0.3 is 71.6 Å². The first-order chi connectivity index (χ1) is 38.6. The number of amides is 2. The molecule has 1 aliphatic rings. The quantitative estimate of drug-likeness (QED) is 0.0997. The maximum Gasteiger partial charge on any atom is 0.347 e. The number of aliphatic imine (C=N–C) groups is 1. The second-order valence-corrected chi connectivity index (χ2v) is 18.9. The zero-order chi connectivity index (χ0) is 62.9. The van der Waals surface area contributed by atoms with Gasteiger partial charge in [0.15, 0.2) is 73.2 Å². The van der Waals surface area contributed by atoms with Crippen LogP contribution in [-0.2, 0) is 124 Å². The minimum absolute atomic E-state index is 0.128. The molecule has 1 fully saturated rings. The maximum atomic E-state index is 14.1. The number of ether oxygens (including phenoxy) is 12. The Hall–Kier alpha value is -8.71. The van der Waals surface area contributed by atoms with Crippen molar-refractivity contribution >= 4 is 122 Å². The average molecular weight is 1240 g/mol. The van der Waals surface area contributed by atoms with Gasteiger partial charge in [0.1, 0.15) is 5.52 Å². The third kappa shape index (κ3) is 20.4. The van der Waals surface area contributed by atoms with Crippen molar-refractivity contribution < 1.29 is 124 Å². The summed E-state index contributed by atoms with van der Waals surface area (Å²) < 4.78 is 60.4. The van der Waals surface area contributed by atoms with Crippen molar-refractivity contribution in [1.82, 2.24) is 19.8 Å². The Morgan fingerprint density at radius 3 is 0.892 bits per heavy atom. The van der Waals surface area contributed by atoms with Gasteiger partial charge in [-0.3, -0.25) is 38.9 Å². The molecule has 1 aliphatic heterocycles. The minimum atomic E-state index is -1.72. The first-order valence-corrected chi connectivity index (χ1v) is 25.9. The molecule has 2 aromatic rings. The lowest BCUT2D eigenvalue weighted by Crippen LogP contribution is -2.48. The summed E-state index contributed by atoms with van der Waals surface area (Å²) in [7, 11) is 0. The van der Waals surface area contributed by atoms with Gasteiger partial charge in [0.2, 0.25) is 5.96 Å². The molecular formula is C51H62BrN5O26. The first-order valence-electron chi connectivity index (χ1n) is 25.1. The lowest BCUT2D eigenvalue weighted by atomic mass is 10.2. The molecule has 12 atom stereocenters. The molecule has 0 spiro atoms. The molecule has 454 valence electrons. The molecule has 0 aliphatic carbocycles. The van der Waals surface area contributed by atoms with E-state index in [0.29, 0.717) is 15.5 Å². The fourth-order valence-corrected chi connectivity index (χ4v) is 7.04. The Morgan fingerprint density at radius 1 is 0.386 bits per heavy atom. The molecule has 1 aromatic heterocycles. The van der Waals surface area contributed by atoms with Crippen molar-refractivity contribution in [3.8, 4) is 0 Å². The van der Waals surface area contributed by atoms with Crippen molar-refractivity contribution in [1.29, 1.82) is 0 Å². The number of hydrogen-bond acceptors (Lipinski definition) is 29. The normalized spacial score (nSPS) is 16.3. The standard InChI is InChI=1S/C51H62BrN5O26/c1-21(74-43(64)25(5)78-47(68)29(9)82-49(70)31(11)80-45(66)27(7)76-41(62)23(3)72-33(13)58)39(60)56-17-18-57(51(56)55-35-19-36(52)38-37(20-35)53-15-16-54-38)40(61)22(2)75-44(65)26(6)79-48(69)30(10)83-50(71)32(12)81-46(67)28(8)77-42(63)24(4)73-34(14)59/h15-16,19-32H,17-18H2,1-14H3. The molecule has 83 heavy (non-hydrogen) atoms.